The Morgan fingerprint density at radius 2 is 2.00 bits per heavy atom. The van der Waals surface area contributed by atoms with E-state index in [1.165, 1.54) is 45.3 Å². The van der Waals surface area contributed by atoms with E-state index in [2.05, 4.69) is 38.8 Å². The standard InChI is InChI=1S/C16H29N5/c1-13(2)10-21-16(18-12-19-21)11-20-7-5-15(6-8-20)17-9-14-3-4-14/h12-15,17H,3-11H2,1-2H3. The first-order chi connectivity index (χ1) is 10.2. The van der Waals surface area contributed by atoms with Gasteiger partial charge in [-0.25, -0.2) is 9.67 Å². The van der Waals surface area contributed by atoms with Gasteiger partial charge in [-0.3, -0.25) is 4.90 Å². The van der Waals surface area contributed by atoms with Gasteiger partial charge in [0, 0.05) is 25.7 Å². The molecule has 2 fully saturated rings. The van der Waals surface area contributed by atoms with E-state index in [1.54, 1.807) is 6.33 Å². The van der Waals surface area contributed by atoms with Gasteiger partial charge in [0.05, 0.1) is 6.54 Å². The van der Waals surface area contributed by atoms with Crippen molar-refractivity contribution in [1.29, 1.82) is 0 Å². The number of nitrogens with one attached hydrogen (secondary N) is 1. The molecular formula is C16H29N5. The van der Waals surface area contributed by atoms with Crippen LogP contribution < -0.4 is 5.32 Å². The zero-order chi connectivity index (χ0) is 14.7. The Hall–Kier alpha value is -0.940. The van der Waals surface area contributed by atoms with Crippen LogP contribution >= 0.6 is 0 Å². The summed E-state index contributed by atoms with van der Waals surface area (Å²) in [5.41, 5.74) is 0. The van der Waals surface area contributed by atoms with Gasteiger partial charge in [0.1, 0.15) is 12.2 Å². The molecule has 0 unspecified atom stereocenters. The largest absolute Gasteiger partial charge is 0.314 e. The molecule has 2 aliphatic rings. The van der Waals surface area contributed by atoms with Crippen molar-refractivity contribution in [2.75, 3.05) is 19.6 Å². The Morgan fingerprint density at radius 1 is 1.24 bits per heavy atom. The van der Waals surface area contributed by atoms with Crippen molar-refractivity contribution in [2.45, 2.75) is 58.7 Å². The molecule has 0 amide bonds. The molecule has 0 atom stereocenters. The molecule has 1 saturated heterocycles. The van der Waals surface area contributed by atoms with Crippen LogP contribution in [0.1, 0.15) is 45.4 Å². The van der Waals surface area contributed by atoms with Crippen molar-refractivity contribution < 1.29 is 0 Å². The lowest BCUT2D eigenvalue weighted by atomic mass is 10.0. The van der Waals surface area contributed by atoms with Crippen LogP contribution in [0.15, 0.2) is 6.33 Å². The lowest BCUT2D eigenvalue weighted by molar-refractivity contribution is 0.183. The minimum Gasteiger partial charge on any atom is -0.314 e. The van der Waals surface area contributed by atoms with Crippen LogP contribution in [0.3, 0.4) is 0 Å². The van der Waals surface area contributed by atoms with Crippen LogP contribution in [0.25, 0.3) is 0 Å². The molecule has 5 nitrogen and oxygen atoms in total. The Bertz CT molecular complexity index is 430. The highest BCUT2D eigenvalue weighted by molar-refractivity contribution is 4.88. The van der Waals surface area contributed by atoms with Crippen molar-refractivity contribution in [1.82, 2.24) is 25.0 Å². The van der Waals surface area contributed by atoms with Crippen molar-refractivity contribution in [2.24, 2.45) is 11.8 Å². The summed E-state index contributed by atoms with van der Waals surface area (Å²) in [6.07, 6.45) is 7.12. The normalized spacial score (nSPS) is 21.3. The second-order valence-electron chi connectivity index (χ2n) is 7.15. The summed E-state index contributed by atoms with van der Waals surface area (Å²) in [6, 6.07) is 0.732. The fourth-order valence-electron chi connectivity index (χ4n) is 3.06. The fraction of sp³-hybridized carbons (Fsp3) is 0.875. The summed E-state index contributed by atoms with van der Waals surface area (Å²) in [6.45, 7) is 9.96. The number of likely N-dealkylation sites (tertiary alicyclic amines) is 1. The third-order valence-electron chi connectivity index (χ3n) is 4.58. The Labute approximate surface area is 128 Å². The molecular weight excluding hydrogens is 262 g/mol. The molecule has 1 aliphatic carbocycles. The van der Waals surface area contributed by atoms with Gasteiger partial charge in [-0.15, -0.1) is 0 Å². The second kappa shape index (κ2) is 6.88. The van der Waals surface area contributed by atoms with E-state index >= 15 is 0 Å². The summed E-state index contributed by atoms with van der Waals surface area (Å²) >= 11 is 0. The molecule has 21 heavy (non-hydrogen) atoms. The summed E-state index contributed by atoms with van der Waals surface area (Å²) in [5.74, 6) is 2.72. The van der Waals surface area contributed by atoms with E-state index in [1.807, 2.05) is 0 Å². The number of hydrogen-bond donors (Lipinski definition) is 1. The summed E-state index contributed by atoms with van der Waals surface area (Å²) in [4.78, 5) is 6.97. The lowest BCUT2D eigenvalue weighted by Crippen LogP contribution is -2.43. The maximum Gasteiger partial charge on any atom is 0.141 e. The van der Waals surface area contributed by atoms with Gasteiger partial charge in [-0.1, -0.05) is 13.8 Å². The SMILES string of the molecule is CC(C)Cn1ncnc1CN1CCC(NCC2CC2)CC1. The summed E-state index contributed by atoms with van der Waals surface area (Å²) in [5, 5.41) is 8.10. The van der Waals surface area contributed by atoms with Crippen LogP contribution in [-0.2, 0) is 13.1 Å². The van der Waals surface area contributed by atoms with E-state index in [0.717, 1.165) is 30.9 Å². The Balaban J connectivity index is 1.43. The summed E-state index contributed by atoms with van der Waals surface area (Å²) < 4.78 is 2.07. The molecule has 0 radical (unpaired) electrons. The monoisotopic (exact) mass is 291 g/mol. The molecule has 2 heterocycles. The average Bonchev–Trinajstić information content (AvgIpc) is 3.20. The highest BCUT2D eigenvalue weighted by atomic mass is 15.3. The van der Waals surface area contributed by atoms with Gasteiger partial charge in [0.15, 0.2) is 0 Å². The molecule has 1 saturated carbocycles. The molecule has 5 heteroatoms. The van der Waals surface area contributed by atoms with Crippen molar-refractivity contribution in [3.8, 4) is 0 Å². The van der Waals surface area contributed by atoms with Crippen LogP contribution in [0.2, 0.25) is 0 Å². The minimum atomic E-state index is 0.614. The maximum absolute atomic E-state index is 4.44. The van der Waals surface area contributed by atoms with Gasteiger partial charge in [0.25, 0.3) is 0 Å². The van der Waals surface area contributed by atoms with Gasteiger partial charge < -0.3 is 5.32 Å². The zero-order valence-corrected chi connectivity index (χ0v) is 13.5. The van der Waals surface area contributed by atoms with E-state index in [-0.39, 0.29) is 0 Å². The predicted molar refractivity (Wildman–Crippen MR) is 83.9 cm³/mol. The topological polar surface area (TPSA) is 46.0 Å². The van der Waals surface area contributed by atoms with Crippen LogP contribution in [-0.4, -0.2) is 45.3 Å². The number of nitrogens with zero attached hydrogens (tertiary/aromatic N) is 4. The van der Waals surface area contributed by atoms with Gasteiger partial charge in [0.2, 0.25) is 0 Å². The smallest absolute Gasteiger partial charge is 0.141 e. The van der Waals surface area contributed by atoms with Gasteiger partial charge in [-0.2, -0.15) is 5.10 Å². The fourth-order valence-corrected chi connectivity index (χ4v) is 3.06. The Morgan fingerprint density at radius 3 is 2.67 bits per heavy atom. The predicted octanol–water partition coefficient (Wildman–Crippen LogP) is 1.90. The van der Waals surface area contributed by atoms with Gasteiger partial charge >= 0.3 is 0 Å². The first kappa shape index (κ1) is 15.0. The van der Waals surface area contributed by atoms with E-state index in [9.17, 15) is 0 Å². The molecule has 3 rings (SSSR count). The minimum absolute atomic E-state index is 0.614. The molecule has 1 aromatic heterocycles. The third kappa shape index (κ3) is 4.51. The number of aromatic nitrogens is 3. The lowest BCUT2D eigenvalue weighted by Gasteiger charge is -2.32. The molecule has 0 aromatic carbocycles. The Kier molecular flexibility index (Phi) is 4.91. The summed E-state index contributed by atoms with van der Waals surface area (Å²) in [7, 11) is 0. The second-order valence-corrected chi connectivity index (χ2v) is 7.15. The molecule has 0 bridgehead atoms. The third-order valence-corrected chi connectivity index (χ3v) is 4.58. The van der Waals surface area contributed by atoms with Crippen LogP contribution in [0.5, 0.6) is 0 Å². The first-order valence-corrected chi connectivity index (χ1v) is 8.53. The molecule has 0 spiro atoms. The molecule has 1 aliphatic heterocycles. The zero-order valence-electron chi connectivity index (χ0n) is 13.5. The van der Waals surface area contributed by atoms with Crippen LogP contribution in [0.4, 0.5) is 0 Å². The van der Waals surface area contributed by atoms with E-state index < -0.39 is 0 Å². The highest BCUT2D eigenvalue weighted by Gasteiger charge is 2.24. The van der Waals surface area contributed by atoms with Crippen molar-refractivity contribution >= 4 is 0 Å². The molecule has 1 N–H and O–H groups in total. The van der Waals surface area contributed by atoms with E-state index in [0.29, 0.717) is 5.92 Å². The van der Waals surface area contributed by atoms with Crippen molar-refractivity contribution in [3.63, 3.8) is 0 Å². The number of rotatable bonds is 7. The van der Waals surface area contributed by atoms with E-state index in [4.69, 9.17) is 0 Å². The number of piperidine rings is 1. The van der Waals surface area contributed by atoms with Crippen LogP contribution in [0, 0.1) is 11.8 Å². The number of hydrogen-bond acceptors (Lipinski definition) is 4. The van der Waals surface area contributed by atoms with Gasteiger partial charge in [-0.05, 0) is 44.1 Å². The van der Waals surface area contributed by atoms with Crippen molar-refractivity contribution in [3.05, 3.63) is 12.2 Å². The maximum atomic E-state index is 4.44. The first-order valence-electron chi connectivity index (χ1n) is 8.53. The quantitative estimate of drug-likeness (QED) is 0.833. The molecule has 118 valence electrons. The molecule has 1 aromatic rings. The highest BCUT2D eigenvalue weighted by Crippen LogP contribution is 2.28. The average molecular weight is 291 g/mol.